The van der Waals surface area contributed by atoms with E-state index in [9.17, 15) is 9.18 Å². The second-order valence-corrected chi connectivity index (χ2v) is 3.86. The summed E-state index contributed by atoms with van der Waals surface area (Å²) in [6.45, 7) is 1.60. The molecule has 4 nitrogen and oxygen atoms in total. The lowest BCUT2D eigenvalue weighted by Gasteiger charge is -2.13. The average Bonchev–Trinajstić information content (AvgIpc) is 2.29. The summed E-state index contributed by atoms with van der Waals surface area (Å²) in [6.07, 6.45) is -0.612. The van der Waals surface area contributed by atoms with Gasteiger partial charge in [0.15, 0.2) is 0 Å². The van der Waals surface area contributed by atoms with Gasteiger partial charge in [0.05, 0.1) is 5.69 Å². The van der Waals surface area contributed by atoms with Gasteiger partial charge in [0.25, 0.3) is 5.91 Å². The molecule has 1 aromatic rings. The number of benzene rings is 1. The minimum Gasteiger partial charge on any atom is -0.389 e. The van der Waals surface area contributed by atoms with Gasteiger partial charge in [-0.15, -0.1) is 0 Å². The lowest BCUT2D eigenvalue weighted by molar-refractivity contribution is -0.124. The molecule has 0 spiro atoms. The van der Waals surface area contributed by atoms with Crippen LogP contribution in [0.15, 0.2) is 18.2 Å². The van der Waals surface area contributed by atoms with Gasteiger partial charge in [0.2, 0.25) is 0 Å². The zero-order valence-corrected chi connectivity index (χ0v) is 10.3. The van der Waals surface area contributed by atoms with E-state index in [0.717, 1.165) is 0 Å². The van der Waals surface area contributed by atoms with Gasteiger partial charge in [-0.3, -0.25) is 4.79 Å². The van der Waals surface area contributed by atoms with Crippen molar-refractivity contribution in [3.05, 3.63) is 29.6 Å². The summed E-state index contributed by atoms with van der Waals surface area (Å²) >= 11 is 4.78. The molecule has 0 heterocycles. The minimum absolute atomic E-state index is 0.0184. The quantitative estimate of drug-likeness (QED) is 0.800. The van der Waals surface area contributed by atoms with E-state index in [1.54, 1.807) is 6.92 Å². The molecule has 0 aliphatic heterocycles. The van der Waals surface area contributed by atoms with E-state index in [4.69, 9.17) is 22.7 Å². The third kappa shape index (κ3) is 3.47. The first-order valence-electron chi connectivity index (χ1n) is 4.88. The van der Waals surface area contributed by atoms with Gasteiger partial charge < -0.3 is 15.8 Å². The molecule has 0 radical (unpaired) electrons. The summed E-state index contributed by atoms with van der Waals surface area (Å²) in [7, 11) is 1.42. The Balaban J connectivity index is 2.98. The lowest BCUT2D eigenvalue weighted by Crippen LogP contribution is -2.27. The maximum absolute atomic E-state index is 13.0. The molecular formula is C11H13FN2O2S. The third-order valence-corrected chi connectivity index (χ3v) is 2.45. The van der Waals surface area contributed by atoms with Crippen molar-refractivity contribution in [2.24, 2.45) is 5.73 Å². The molecule has 1 unspecified atom stereocenters. The first-order chi connectivity index (χ1) is 7.95. The number of methoxy groups -OCH3 is 1. The number of rotatable bonds is 4. The SMILES string of the molecule is COC(C)C(=O)Nc1ccc(F)cc1C(N)=S. The summed E-state index contributed by atoms with van der Waals surface area (Å²) < 4.78 is 17.9. The average molecular weight is 256 g/mol. The third-order valence-electron chi connectivity index (χ3n) is 2.23. The van der Waals surface area contributed by atoms with E-state index in [2.05, 4.69) is 5.32 Å². The van der Waals surface area contributed by atoms with Crippen molar-refractivity contribution >= 4 is 28.8 Å². The zero-order chi connectivity index (χ0) is 13.0. The van der Waals surface area contributed by atoms with Gasteiger partial charge in [-0.2, -0.15) is 0 Å². The second-order valence-electron chi connectivity index (χ2n) is 3.42. The molecule has 0 bridgehead atoms. The first-order valence-corrected chi connectivity index (χ1v) is 5.29. The molecule has 1 aromatic carbocycles. The van der Waals surface area contributed by atoms with Crippen LogP contribution in [0.1, 0.15) is 12.5 Å². The molecule has 0 saturated heterocycles. The fourth-order valence-corrected chi connectivity index (χ4v) is 1.34. The summed E-state index contributed by atoms with van der Waals surface area (Å²) in [5.74, 6) is -0.817. The van der Waals surface area contributed by atoms with Gasteiger partial charge in [-0.1, -0.05) is 12.2 Å². The fraction of sp³-hybridized carbons (Fsp3) is 0.273. The molecule has 1 rings (SSSR count). The molecule has 3 N–H and O–H groups in total. The topological polar surface area (TPSA) is 64.3 Å². The van der Waals surface area contributed by atoms with Crippen LogP contribution in [-0.2, 0) is 9.53 Å². The Kier molecular flexibility index (Phi) is 4.53. The monoisotopic (exact) mass is 256 g/mol. The molecule has 92 valence electrons. The number of ether oxygens (including phenoxy) is 1. The van der Waals surface area contributed by atoms with Gasteiger partial charge in [0, 0.05) is 12.7 Å². The van der Waals surface area contributed by atoms with Crippen molar-refractivity contribution in [1.29, 1.82) is 0 Å². The lowest BCUT2D eigenvalue weighted by atomic mass is 10.1. The first kappa shape index (κ1) is 13.5. The minimum atomic E-state index is -0.612. The predicted molar refractivity (Wildman–Crippen MR) is 67.4 cm³/mol. The molecule has 6 heteroatoms. The summed E-state index contributed by atoms with van der Waals surface area (Å²) in [6, 6.07) is 3.80. The van der Waals surface area contributed by atoms with E-state index in [1.807, 2.05) is 0 Å². The van der Waals surface area contributed by atoms with Crippen LogP contribution in [0.25, 0.3) is 0 Å². The largest absolute Gasteiger partial charge is 0.389 e. The molecular weight excluding hydrogens is 243 g/mol. The van der Waals surface area contributed by atoms with Crippen LogP contribution in [-0.4, -0.2) is 24.1 Å². The van der Waals surface area contributed by atoms with Crippen molar-refractivity contribution in [2.75, 3.05) is 12.4 Å². The van der Waals surface area contributed by atoms with Crippen molar-refractivity contribution in [1.82, 2.24) is 0 Å². The smallest absolute Gasteiger partial charge is 0.253 e. The van der Waals surface area contributed by atoms with Crippen LogP contribution in [0.2, 0.25) is 0 Å². The maximum atomic E-state index is 13.0. The summed E-state index contributed by atoms with van der Waals surface area (Å²) in [4.78, 5) is 11.6. The highest BCUT2D eigenvalue weighted by Crippen LogP contribution is 2.17. The van der Waals surface area contributed by atoms with Gasteiger partial charge in [0.1, 0.15) is 16.9 Å². The summed E-state index contributed by atoms with van der Waals surface area (Å²) in [5.41, 5.74) is 6.11. The number of carbonyl (C=O) groups is 1. The van der Waals surface area contributed by atoms with Gasteiger partial charge in [-0.05, 0) is 25.1 Å². The van der Waals surface area contributed by atoms with Crippen molar-refractivity contribution in [3.63, 3.8) is 0 Å². The summed E-state index contributed by atoms with van der Waals surface area (Å²) in [5, 5.41) is 2.57. The Morgan fingerprint density at radius 1 is 1.59 bits per heavy atom. The second kappa shape index (κ2) is 5.70. The van der Waals surface area contributed by atoms with Crippen LogP contribution in [0, 0.1) is 5.82 Å². The number of halogens is 1. The van der Waals surface area contributed by atoms with Crippen molar-refractivity contribution in [3.8, 4) is 0 Å². The highest BCUT2D eigenvalue weighted by molar-refractivity contribution is 7.80. The number of carbonyl (C=O) groups excluding carboxylic acids is 1. The van der Waals surface area contributed by atoms with E-state index < -0.39 is 11.9 Å². The normalized spacial score (nSPS) is 11.9. The maximum Gasteiger partial charge on any atom is 0.253 e. The highest BCUT2D eigenvalue weighted by atomic mass is 32.1. The zero-order valence-electron chi connectivity index (χ0n) is 9.49. The molecule has 0 aliphatic carbocycles. The Morgan fingerprint density at radius 3 is 2.76 bits per heavy atom. The Bertz CT molecular complexity index is 451. The van der Waals surface area contributed by atoms with Crippen LogP contribution >= 0.6 is 12.2 Å². The molecule has 1 amide bonds. The number of anilines is 1. The van der Waals surface area contributed by atoms with Gasteiger partial charge >= 0.3 is 0 Å². The van der Waals surface area contributed by atoms with Crippen molar-refractivity contribution in [2.45, 2.75) is 13.0 Å². The van der Waals surface area contributed by atoms with E-state index >= 15 is 0 Å². The number of amides is 1. The molecule has 0 aliphatic rings. The molecule has 1 atom stereocenters. The van der Waals surface area contributed by atoms with Crippen molar-refractivity contribution < 1.29 is 13.9 Å². The number of hydrogen-bond acceptors (Lipinski definition) is 3. The molecule has 0 fully saturated rings. The number of thiocarbonyl (C=S) groups is 1. The highest BCUT2D eigenvalue weighted by Gasteiger charge is 2.14. The Hall–Kier alpha value is -1.53. The Labute approximate surface area is 104 Å². The van der Waals surface area contributed by atoms with E-state index in [1.165, 1.54) is 25.3 Å². The Morgan fingerprint density at radius 2 is 2.24 bits per heavy atom. The van der Waals surface area contributed by atoms with E-state index in [0.29, 0.717) is 5.69 Å². The predicted octanol–water partition coefficient (Wildman–Crippen LogP) is 1.43. The molecule has 0 saturated carbocycles. The standard InChI is InChI=1S/C11H13FN2O2S/c1-6(16-2)11(15)14-9-4-3-7(12)5-8(9)10(13)17/h3-6H,1-2H3,(H2,13,17)(H,14,15). The molecule has 0 aromatic heterocycles. The van der Waals surface area contributed by atoms with Gasteiger partial charge in [-0.25, -0.2) is 4.39 Å². The number of hydrogen-bond donors (Lipinski definition) is 2. The van der Waals surface area contributed by atoms with E-state index in [-0.39, 0.29) is 16.5 Å². The van der Waals surface area contributed by atoms with Crippen LogP contribution in [0.4, 0.5) is 10.1 Å². The number of nitrogens with two attached hydrogens (primary N) is 1. The fourth-order valence-electron chi connectivity index (χ4n) is 1.17. The number of nitrogens with one attached hydrogen (secondary N) is 1. The van der Waals surface area contributed by atoms with Crippen LogP contribution in [0.3, 0.4) is 0 Å². The molecule has 17 heavy (non-hydrogen) atoms. The van der Waals surface area contributed by atoms with Crippen LogP contribution < -0.4 is 11.1 Å². The van der Waals surface area contributed by atoms with Crippen LogP contribution in [0.5, 0.6) is 0 Å².